The van der Waals surface area contributed by atoms with Crippen molar-refractivity contribution in [2.45, 2.75) is 234 Å². The van der Waals surface area contributed by atoms with Gasteiger partial charge >= 0.3 is 0 Å². The molecule has 0 aromatic heterocycles. The first-order chi connectivity index (χ1) is 52.6. The zero-order valence-corrected chi connectivity index (χ0v) is 70.7. The average molecular weight is 1620 g/mol. The van der Waals surface area contributed by atoms with Crippen LogP contribution in [0.15, 0.2) is 260 Å². The molecule has 10 aromatic carbocycles. The minimum absolute atomic E-state index is 1.08. The van der Waals surface area contributed by atoms with Gasteiger partial charge in [0.05, 0.1) is 0 Å². The highest BCUT2D eigenvalue weighted by Gasteiger charge is 2.20. The van der Waals surface area contributed by atoms with Crippen molar-refractivity contribution in [3.63, 3.8) is 0 Å². The molecule has 0 unspecified atom stereocenters. The van der Waals surface area contributed by atoms with Gasteiger partial charge in [-0.15, -0.1) is 6.58 Å². The van der Waals surface area contributed by atoms with Crippen LogP contribution < -0.4 is 19.6 Å². The monoisotopic (exact) mass is 1620 g/mol. The Balaban J connectivity index is 0.000000244. The van der Waals surface area contributed by atoms with Crippen molar-refractivity contribution in [2.75, 3.05) is 30.3 Å². The van der Waals surface area contributed by atoms with Gasteiger partial charge in [-0.2, -0.15) is 0 Å². The van der Waals surface area contributed by atoms with Crippen molar-refractivity contribution in [1.29, 1.82) is 0 Å². The largest absolute Gasteiger partial charge is 0.311 e. The Kier molecular flexibility index (Phi) is 39.5. The van der Waals surface area contributed by atoms with E-state index in [2.05, 4.69) is 358 Å². The van der Waals surface area contributed by atoms with Crippen LogP contribution in [0.25, 0.3) is 0 Å². The van der Waals surface area contributed by atoms with E-state index in [0.717, 1.165) is 94.2 Å². The Bertz CT molecular complexity index is 3860. The number of alkyl halides is 2. The van der Waals surface area contributed by atoms with Gasteiger partial charge in [-0.05, 0) is 312 Å². The Hall–Kier alpha value is -7.42. The van der Waals surface area contributed by atoms with E-state index in [0.29, 0.717) is 0 Å². The van der Waals surface area contributed by atoms with E-state index in [-0.39, 0.29) is 0 Å². The molecule has 0 amide bonds. The molecule has 4 nitrogen and oxygen atoms in total. The van der Waals surface area contributed by atoms with Crippen LogP contribution in [0.5, 0.6) is 0 Å². The lowest BCUT2D eigenvalue weighted by atomic mass is 10.0. The maximum absolute atomic E-state index is 3.67. The molecule has 0 saturated carbocycles. The summed E-state index contributed by atoms with van der Waals surface area (Å²) in [6.45, 7) is 17.2. The van der Waals surface area contributed by atoms with Gasteiger partial charge in [-0.1, -0.05) is 257 Å². The topological polar surface area (TPSA) is 13.0 Å². The summed E-state index contributed by atoms with van der Waals surface area (Å²) in [7, 11) is 0. The highest BCUT2D eigenvalue weighted by molar-refractivity contribution is 9.10. The maximum atomic E-state index is 3.67. The molecule has 107 heavy (non-hydrogen) atoms. The zero-order chi connectivity index (χ0) is 75.5. The van der Waals surface area contributed by atoms with E-state index in [1.807, 2.05) is 6.08 Å². The fourth-order valence-electron chi connectivity index (χ4n) is 13.7. The van der Waals surface area contributed by atoms with Crippen LogP contribution in [-0.2, 0) is 44.9 Å². The molecule has 0 N–H and O–H groups in total. The first-order valence-corrected chi connectivity index (χ1v) is 44.2. The summed E-state index contributed by atoms with van der Waals surface area (Å²) in [5.41, 5.74) is 23.9. The Morgan fingerprint density at radius 1 is 0.215 bits per heavy atom. The molecule has 566 valence electrons. The lowest BCUT2D eigenvalue weighted by molar-refractivity contribution is 0.610. The predicted molar refractivity (Wildman–Crippen MR) is 483 cm³/mol. The lowest BCUT2D eigenvalue weighted by Crippen LogP contribution is -2.12. The second-order valence-electron chi connectivity index (χ2n) is 28.9. The number of aryl methyl sites for hydroxylation is 7. The lowest BCUT2D eigenvalue weighted by Gasteiger charge is -2.29. The van der Waals surface area contributed by atoms with Gasteiger partial charge in [0.2, 0.25) is 0 Å². The van der Waals surface area contributed by atoms with Crippen molar-refractivity contribution in [3.8, 4) is 0 Å². The predicted octanol–water partition coefficient (Wildman–Crippen LogP) is 32.9. The Labute approximate surface area is 674 Å². The Morgan fingerprint density at radius 2 is 0.374 bits per heavy atom. The summed E-state index contributed by atoms with van der Waals surface area (Å²) in [6.07, 6.45) is 39.0. The minimum atomic E-state index is 1.08. The number of unbranched alkanes of at least 4 members (excludes halogenated alkanes) is 15. The van der Waals surface area contributed by atoms with E-state index in [1.54, 1.807) is 0 Å². The SMILES string of the molecule is C=CCCCCCCBr.CCCCc1ccc(N(c2ccc(Br)cc2)c2ccc(N(c3ccc(CCCC)cc3)c3ccc(CCCC)cc3)cc2)cc1.CCCCc1ccc(N(c2ccc(CCCC)cc2)c2ccc(N(c3ccc(CCCC)cc3)c3ccc(CCCCCCCCBr)cc3)cc2)cc1. The molecule has 0 aliphatic carbocycles. The van der Waals surface area contributed by atoms with E-state index < -0.39 is 0 Å². The van der Waals surface area contributed by atoms with Crippen molar-refractivity contribution >= 4 is 116 Å². The van der Waals surface area contributed by atoms with Crippen molar-refractivity contribution in [1.82, 2.24) is 0 Å². The van der Waals surface area contributed by atoms with Crippen molar-refractivity contribution < 1.29 is 0 Å². The van der Waals surface area contributed by atoms with E-state index >= 15 is 0 Å². The number of anilines is 12. The molecule has 7 heteroatoms. The minimum Gasteiger partial charge on any atom is -0.311 e. The van der Waals surface area contributed by atoms with Crippen LogP contribution in [0.4, 0.5) is 68.2 Å². The zero-order valence-electron chi connectivity index (χ0n) is 65.9. The molecule has 0 aliphatic rings. The third-order valence-electron chi connectivity index (χ3n) is 20.2. The number of rotatable bonds is 44. The normalized spacial score (nSPS) is 11.0. The fraction of sp³-hybridized carbons (Fsp3) is 0.380. The van der Waals surface area contributed by atoms with Gasteiger partial charge in [-0.3, -0.25) is 0 Å². The first-order valence-electron chi connectivity index (χ1n) is 41.2. The molecule has 0 heterocycles. The van der Waals surface area contributed by atoms with Crippen LogP contribution in [0.1, 0.15) is 228 Å². The summed E-state index contributed by atoms with van der Waals surface area (Å²) >= 11 is 10.6. The number of benzene rings is 10. The number of hydrogen-bond donors (Lipinski definition) is 0. The van der Waals surface area contributed by atoms with E-state index in [1.165, 1.54) is 221 Å². The maximum Gasteiger partial charge on any atom is 0.0463 e. The average Bonchev–Trinajstić information content (AvgIpc) is 0.795. The van der Waals surface area contributed by atoms with Gasteiger partial charge in [0.1, 0.15) is 0 Å². The molecule has 0 aliphatic heterocycles. The fourth-order valence-corrected chi connectivity index (χ4v) is 14.8. The Morgan fingerprint density at radius 3 is 0.561 bits per heavy atom. The summed E-state index contributed by atoms with van der Waals surface area (Å²) in [5, 5.41) is 2.28. The van der Waals surface area contributed by atoms with Gasteiger partial charge in [0.25, 0.3) is 0 Å². The molecule has 0 atom stereocenters. The number of allylic oxidation sites excluding steroid dienone is 1. The summed E-state index contributed by atoms with van der Waals surface area (Å²) in [5.74, 6) is 0. The molecular weight excluding hydrogens is 1500 g/mol. The van der Waals surface area contributed by atoms with Crippen molar-refractivity contribution in [2.24, 2.45) is 0 Å². The van der Waals surface area contributed by atoms with E-state index in [4.69, 9.17) is 0 Å². The molecular formula is C100H125Br3N4. The van der Waals surface area contributed by atoms with Crippen LogP contribution in [0.2, 0.25) is 0 Å². The van der Waals surface area contributed by atoms with Crippen molar-refractivity contribution in [3.05, 3.63) is 299 Å². The second-order valence-corrected chi connectivity index (χ2v) is 31.4. The molecule has 0 saturated heterocycles. The van der Waals surface area contributed by atoms with Gasteiger partial charge < -0.3 is 19.6 Å². The second kappa shape index (κ2) is 49.6. The smallest absolute Gasteiger partial charge is 0.0463 e. The standard InChI is InChI=1S/C50H63BrN2.C42H47BrN2.C8H15Br/c1-4-7-16-41-20-28-45(29-21-41)52(46-30-22-42(23-31-46)17-8-5-2)49-36-38-50(39-37-49)53(47-32-24-43(25-33-47)18-9-6-3)48-34-26-44(27-35-48)19-14-12-10-11-13-15-40-51;1-4-7-10-33-13-21-37(22-14-33)44(38-23-15-34(16-24-38)11-8-5-2)41-29-31-42(32-30-41)45(40-27-19-36(43)20-28-40)39-25-17-35(18-26-39)12-9-6-3;1-2-3-4-5-6-7-8-9/h20-39H,4-19,40H2,1-3H3;13-32H,4-12H2,1-3H3;2H,1,3-8H2. The van der Waals surface area contributed by atoms with Gasteiger partial charge in [0.15, 0.2) is 0 Å². The van der Waals surface area contributed by atoms with Crippen LogP contribution in [0, 0.1) is 0 Å². The molecule has 0 radical (unpaired) electrons. The van der Waals surface area contributed by atoms with Crippen LogP contribution >= 0.6 is 47.8 Å². The van der Waals surface area contributed by atoms with Gasteiger partial charge in [-0.25, -0.2) is 0 Å². The molecule has 0 fully saturated rings. The molecule has 0 spiro atoms. The van der Waals surface area contributed by atoms with E-state index in [9.17, 15) is 0 Å². The highest BCUT2D eigenvalue weighted by atomic mass is 79.9. The number of nitrogens with zero attached hydrogens (tertiary/aromatic N) is 4. The third-order valence-corrected chi connectivity index (χ3v) is 21.9. The molecule has 10 rings (SSSR count). The summed E-state index contributed by atoms with van der Waals surface area (Å²) < 4.78 is 1.08. The molecule has 0 bridgehead atoms. The molecule has 10 aromatic rings. The highest BCUT2D eigenvalue weighted by Crippen LogP contribution is 2.43. The number of halogens is 3. The quantitative estimate of drug-likeness (QED) is 0.0214. The first kappa shape index (κ1) is 85.2. The van der Waals surface area contributed by atoms with Crippen LogP contribution in [-0.4, -0.2) is 10.7 Å². The summed E-state index contributed by atoms with van der Waals surface area (Å²) in [6, 6.07) is 91.1. The van der Waals surface area contributed by atoms with Crippen LogP contribution in [0.3, 0.4) is 0 Å². The van der Waals surface area contributed by atoms with Gasteiger partial charge in [0, 0.05) is 83.4 Å². The summed E-state index contributed by atoms with van der Waals surface area (Å²) in [4.78, 5) is 9.54. The number of hydrogen-bond acceptors (Lipinski definition) is 4. The third kappa shape index (κ3) is 28.5.